The highest BCUT2D eigenvalue weighted by molar-refractivity contribution is 6.07. The van der Waals surface area contributed by atoms with Crippen molar-refractivity contribution >= 4 is 23.2 Å². The smallest absolute Gasteiger partial charge is 0.271 e. The first-order valence-electron chi connectivity index (χ1n) is 10.9. The molecule has 2 atom stereocenters. The Hall–Kier alpha value is -3.42. The predicted molar refractivity (Wildman–Crippen MR) is 118 cm³/mol. The standard InChI is InChI=1S/C24H26FN3O4/c1-3-17(4-2)26-23(29)22-14-28(19-10-5-6-11-20(19)31-22)24(30)21-13-18(27-32-21)15-8-7-9-16(25)12-15/h5-12,17,21-22H,3-4,13-14H2,1-2H3,(H,26,29). The van der Waals surface area contributed by atoms with E-state index in [9.17, 15) is 14.0 Å². The SMILES string of the molecule is CCC(CC)NC(=O)C1CN(C(=O)C2CC(c3cccc(F)c3)=NO2)c2ccccc2O1. The molecular weight excluding hydrogens is 413 g/mol. The second-order valence-electron chi connectivity index (χ2n) is 7.89. The van der Waals surface area contributed by atoms with Gasteiger partial charge in [0.25, 0.3) is 11.8 Å². The lowest BCUT2D eigenvalue weighted by Crippen LogP contribution is -2.54. The summed E-state index contributed by atoms with van der Waals surface area (Å²) < 4.78 is 19.5. The number of halogens is 1. The van der Waals surface area contributed by atoms with Gasteiger partial charge in [-0.2, -0.15) is 0 Å². The fourth-order valence-electron chi connectivity index (χ4n) is 3.89. The average Bonchev–Trinajstić information content (AvgIpc) is 3.31. The van der Waals surface area contributed by atoms with E-state index in [1.165, 1.54) is 17.0 Å². The van der Waals surface area contributed by atoms with Crippen LogP contribution in [-0.2, 0) is 14.4 Å². The van der Waals surface area contributed by atoms with Crippen LogP contribution in [0.1, 0.15) is 38.7 Å². The Kier molecular flexibility index (Phi) is 6.39. The van der Waals surface area contributed by atoms with Crippen LogP contribution in [-0.4, -0.2) is 42.3 Å². The molecule has 2 unspecified atom stereocenters. The number of carbonyl (C=O) groups is 2. The molecular formula is C24H26FN3O4. The molecule has 4 rings (SSSR count). The number of amides is 2. The number of hydrogen-bond donors (Lipinski definition) is 1. The molecule has 1 N–H and O–H groups in total. The second-order valence-corrected chi connectivity index (χ2v) is 7.89. The van der Waals surface area contributed by atoms with Gasteiger partial charge in [-0.05, 0) is 37.1 Å². The van der Waals surface area contributed by atoms with Gasteiger partial charge in [0.15, 0.2) is 6.10 Å². The zero-order valence-electron chi connectivity index (χ0n) is 18.1. The van der Waals surface area contributed by atoms with Gasteiger partial charge in [-0.15, -0.1) is 0 Å². The Morgan fingerprint density at radius 1 is 1.16 bits per heavy atom. The summed E-state index contributed by atoms with van der Waals surface area (Å²) in [5.41, 5.74) is 1.66. The molecule has 2 aliphatic heterocycles. The van der Waals surface area contributed by atoms with Crippen LogP contribution in [0.2, 0.25) is 0 Å². The van der Waals surface area contributed by atoms with Crippen LogP contribution in [0.3, 0.4) is 0 Å². The van der Waals surface area contributed by atoms with Crippen molar-refractivity contribution in [2.24, 2.45) is 5.16 Å². The molecule has 2 amide bonds. The third-order valence-corrected chi connectivity index (χ3v) is 5.77. The van der Waals surface area contributed by atoms with E-state index in [2.05, 4.69) is 10.5 Å². The first kappa shape index (κ1) is 21.8. The number of ether oxygens (including phenoxy) is 1. The number of hydrogen-bond acceptors (Lipinski definition) is 5. The number of carbonyl (C=O) groups excluding carboxylic acids is 2. The lowest BCUT2D eigenvalue weighted by molar-refractivity contribution is -0.131. The molecule has 0 fully saturated rings. The van der Waals surface area contributed by atoms with Gasteiger partial charge in [0.2, 0.25) is 6.10 Å². The molecule has 0 radical (unpaired) electrons. The van der Waals surface area contributed by atoms with Crippen LogP contribution >= 0.6 is 0 Å². The molecule has 8 heteroatoms. The Morgan fingerprint density at radius 2 is 1.94 bits per heavy atom. The summed E-state index contributed by atoms with van der Waals surface area (Å²) in [7, 11) is 0. The zero-order chi connectivity index (χ0) is 22.7. The summed E-state index contributed by atoms with van der Waals surface area (Å²) in [6, 6.07) is 13.2. The van der Waals surface area contributed by atoms with E-state index >= 15 is 0 Å². The molecule has 0 spiro atoms. The Labute approximate surface area is 186 Å². The van der Waals surface area contributed by atoms with Crippen LogP contribution in [0.25, 0.3) is 0 Å². The minimum atomic E-state index is -0.859. The van der Waals surface area contributed by atoms with Crippen LogP contribution in [0.5, 0.6) is 5.75 Å². The molecule has 7 nitrogen and oxygen atoms in total. The van der Waals surface area contributed by atoms with Gasteiger partial charge in [0.05, 0.1) is 17.9 Å². The maximum atomic E-state index is 13.6. The van der Waals surface area contributed by atoms with Gasteiger partial charge >= 0.3 is 0 Å². The van der Waals surface area contributed by atoms with Crippen molar-refractivity contribution in [3.63, 3.8) is 0 Å². The quantitative estimate of drug-likeness (QED) is 0.748. The highest BCUT2D eigenvalue weighted by Gasteiger charge is 2.39. The van der Waals surface area contributed by atoms with Crippen molar-refractivity contribution in [3.05, 3.63) is 59.9 Å². The molecule has 2 aromatic carbocycles. The molecule has 0 aliphatic carbocycles. The normalized spacial score (nSPS) is 19.6. The summed E-state index contributed by atoms with van der Waals surface area (Å²) >= 11 is 0. The van der Waals surface area contributed by atoms with Gasteiger partial charge in [0, 0.05) is 18.0 Å². The van der Waals surface area contributed by atoms with Crippen LogP contribution in [0.15, 0.2) is 53.7 Å². The lowest BCUT2D eigenvalue weighted by Gasteiger charge is -2.35. The Morgan fingerprint density at radius 3 is 2.69 bits per heavy atom. The first-order chi connectivity index (χ1) is 15.5. The second kappa shape index (κ2) is 9.38. The number of fused-ring (bicyclic) bond motifs is 1. The fraction of sp³-hybridized carbons (Fsp3) is 0.375. The topological polar surface area (TPSA) is 80.2 Å². The molecule has 32 heavy (non-hydrogen) atoms. The van der Waals surface area contributed by atoms with Gasteiger partial charge < -0.3 is 19.8 Å². The predicted octanol–water partition coefficient (Wildman–Crippen LogP) is 3.42. The van der Waals surface area contributed by atoms with Gasteiger partial charge in [-0.3, -0.25) is 9.59 Å². The van der Waals surface area contributed by atoms with E-state index in [-0.39, 0.29) is 36.6 Å². The fourth-order valence-corrected chi connectivity index (χ4v) is 3.89. The Balaban J connectivity index is 1.51. The lowest BCUT2D eigenvalue weighted by atomic mass is 10.0. The van der Waals surface area contributed by atoms with E-state index < -0.39 is 12.2 Å². The van der Waals surface area contributed by atoms with Crippen molar-refractivity contribution in [2.75, 3.05) is 11.4 Å². The molecule has 2 heterocycles. The number of anilines is 1. The zero-order valence-corrected chi connectivity index (χ0v) is 18.1. The average molecular weight is 439 g/mol. The summed E-state index contributed by atoms with van der Waals surface area (Å²) in [5, 5.41) is 7.00. The molecule has 0 saturated carbocycles. The van der Waals surface area contributed by atoms with Crippen molar-refractivity contribution in [1.82, 2.24) is 5.32 Å². The maximum Gasteiger partial charge on any atom is 0.271 e. The van der Waals surface area contributed by atoms with Crippen molar-refractivity contribution in [2.45, 2.75) is 51.4 Å². The summed E-state index contributed by atoms with van der Waals surface area (Å²) in [4.78, 5) is 33.1. The number of benzene rings is 2. The monoisotopic (exact) mass is 439 g/mol. The highest BCUT2D eigenvalue weighted by Crippen LogP contribution is 2.34. The molecule has 168 valence electrons. The van der Waals surface area contributed by atoms with Crippen molar-refractivity contribution in [3.8, 4) is 5.75 Å². The summed E-state index contributed by atoms with van der Waals surface area (Å²) in [6.07, 6.45) is 0.141. The van der Waals surface area contributed by atoms with E-state index in [0.717, 1.165) is 12.8 Å². The number of nitrogens with zero attached hydrogens (tertiary/aromatic N) is 2. The Bertz CT molecular complexity index is 1040. The van der Waals surface area contributed by atoms with Crippen molar-refractivity contribution < 1.29 is 23.6 Å². The van der Waals surface area contributed by atoms with E-state index in [1.807, 2.05) is 13.8 Å². The molecule has 2 aromatic rings. The van der Waals surface area contributed by atoms with Gasteiger partial charge in [0.1, 0.15) is 11.6 Å². The van der Waals surface area contributed by atoms with Gasteiger partial charge in [-0.25, -0.2) is 4.39 Å². The number of para-hydroxylation sites is 2. The molecule has 2 aliphatic rings. The highest BCUT2D eigenvalue weighted by atomic mass is 19.1. The van der Waals surface area contributed by atoms with Crippen LogP contribution in [0.4, 0.5) is 10.1 Å². The van der Waals surface area contributed by atoms with E-state index in [4.69, 9.17) is 9.57 Å². The number of nitrogens with one attached hydrogen (secondary N) is 1. The minimum Gasteiger partial charge on any atom is -0.477 e. The van der Waals surface area contributed by atoms with Gasteiger partial charge in [-0.1, -0.05) is 43.3 Å². The van der Waals surface area contributed by atoms with Crippen LogP contribution in [0, 0.1) is 5.82 Å². The maximum absolute atomic E-state index is 13.6. The third-order valence-electron chi connectivity index (χ3n) is 5.77. The molecule has 0 bridgehead atoms. The van der Waals surface area contributed by atoms with E-state index in [0.29, 0.717) is 22.7 Å². The molecule has 0 aromatic heterocycles. The number of oxime groups is 1. The van der Waals surface area contributed by atoms with Crippen LogP contribution < -0.4 is 15.0 Å². The summed E-state index contributed by atoms with van der Waals surface area (Å²) in [5.74, 6) is -0.499. The van der Waals surface area contributed by atoms with E-state index in [1.54, 1.807) is 36.4 Å². The minimum absolute atomic E-state index is 0.0489. The largest absolute Gasteiger partial charge is 0.477 e. The molecule has 0 saturated heterocycles. The van der Waals surface area contributed by atoms with Crippen molar-refractivity contribution in [1.29, 1.82) is 0 Å². The number of rotatable bonds is 6. The third kappa shape index (κ3) is 4.44. The first-order valence-corrected chi connectivity index (χ1v) is 10.9. The summed E-state index contributed by atoms with van der Waals surface area (Å²) in [6.45, 7) is 4.08.